The second kappa shape index (κ2) is 5.87. The van der Waals surface area contributed by atoms with Crippen molar-refractivity contribution < 1.29 is 0 Å². The molecule has 0 spiro atoms. The molecule has 2 heterocycles. The van der Waals surface area contributed by atoms with Gasteiger partial charge in [-0.15, -0.1) is 21.5 Å². The number of hydrogen-bond donors (Lipinski definition) is 1. The molecule has 21 heavy (non-hydrogen) atoms. The van der Waals surface area contributed by atoms with Crippen molar-refractivity contribution in [1.29, 1.82) is 0 Å². The zero-order chi connectivity index (χ0) is 14.8. The minimum absolute atomic E-state index is 0.217. The lowest BCUT2D eigenvalue weighted by atomic mass is 10.1. The maximum atomic E-state index is 5.98. The smallest absolute Gasteiger partial charge is 0.163 e. The molecule has 0 amide bonds. The number of anilines is 1. The van der Waals surface area contributed by atoms with Gasteiger partial charge in [0.2, 0.25) is 0 Å². The minimum atomic E-state index is 0.217. The van der Waals surface area contributed by atoms with Crippen LogP contribution in [0.5, 0.6) is 0 Å². The summed E-state index contributed by atoms with van der Waals surface area (Å²) < 4.78 is 2.72. The van der Waals surface area contributed by atoms with Gasteiger partial charge >= 0.3 is 0 Å². The van der Waals surface area contributed by atoms with Gasteiger partial charge in [-0.25, -0.2) is 0 Å². The van der Waals surface area contributed by atoms with Crippen molar-refractivity contribution in [2.24, 2.45) is 7.05 Å². The molecule has 3 rings (SSSR count). The van der Waals surface area contributed by atoms with Crippen LogP contribution < -0.4 is 5.32 Å². The molecule has 3 aromatic rings. The molecule has 0 saturated carbocycles. The molecule has 0 radical (unpaired) electrons. The van der Waals surface area contributed by atoms with Crippen molar-refractivity contribution in [3.8, 4) is 11.4 Å². The maximum absolute atomic E-state index is 5.98. The fraction of sp³-hybridized carbons (Fsp3) is 0.200. The lowest BCUT2D eigenvalue weighted by Gasteiger charge is -2.14. The zero-order valence-corrected chi connectivity index (χ0v) is 13.3. The van der Waals surface area contributed by atoms with Gasteiger partial charge in [-0.3, -0.25) is 0 Å². The summed E-state index contributed by atoms with van der Waals surface area (Å²) >= 11 is 7.53. The van der Waals surface area contributed by atoms with Crippen LogP contribution in [0.1, 0.15) is 18.5 Å². The van der Waals surface area contributed by atoms with Crippen LogP contribution in [0.25, 0.3) is 11.4 Å². The number of nitrogens with one attached hydrogen (secondary N) is 1. The Kier molecular flexibility index (Phi) is 3.94. The zero-order valence-electron chi connectivity index (χ0n) is 11.7. The summed E-state index contributed by atoms with van der Waals surface area (Å²) in [5, 5.41) is 13.5. The maximum Gasteiger partial charge on any atom is 0.163 e. The molecule has 0 fully saturated rings. The molecule has 1 unspecified atom stereocenters. The Hall–Kier alpha value is -1.85. The van der Waals surface area contributed by atoms with Crippen LogP contribution in [0, 0.1) is 0 Å². The Balaban J connectivity index is 1.74. The van der Waals surface area contributed by atoms with Crippen molar-refractivity contribution in [3.05, 3.63) is 51.9 Å². The highest BCUT2D eigenvalue weighted by Crippen LogP contribution is 2.27. The van der Waals surface area contributed by atoms with Gasteiger partial charge in [0.1, 0.15) is 6.33 Å². The van der Waals surface area contributed by atoms with Crippen LogP contribution in [0.2, 0.25) is 4.34 Å². The second-order valence-corrected chi connectivity index (χ2v) is 6.44. The number of benzene rings is 1. The molecule has 108 valence electrons. The normalized spacial score (nSPS) is 12.3. The summed E-state index contributed by atoms with van der Waals surface area (Å²) in [5.74, 6) is 0.860. The van der Waals surface area contributed by atoms with Gasteiger partial charge in [0.25, 0.3) is 0 Å². The van der Waals surface area contributed by atoms with E-state index in [2.05, 4.69) is 40.0 Å². The van der Waals surface area contributed by atoms with Crippen LogP contribution in [-0.4, -0.2) is 14.8 Å². The van der Waals surface area contributed by atoms with Crippen molar-refractivity contribution in [3.63, 3.8) is 0 Å². The van der Waals surface area contributed by atoms with Gasteiger partial charge in [0.15, 0.2) is 5.82 Å². The second-order valence-electron chi connectivity index (χ2n) is 4.89. The molecule has 1 aromatic carbocycles. The predicted molar refractivity (Wildman–Crippen MR) is 87.8 cm³/mol. The highest BCUT2D eigenvalue weighted by atomic mass is 35.5. The number of halogens is 1. The Morgan fingerprint density at radius 1 is 1.29 bits per heavy atom. The average molecular weight is 319 g/mol. The number of hydrogen-bond acceptors (Lipinski definition) is 4. The molecule has 0 aliphatic carbocycles. The monoisotopic (exact) mass is 318 g/mol. The minimum Gasteiger partial charge on any atom is -0.378 e. The summed E-state index contributed by atoms with van der Waals surface area (Å²) in [5.41, 5.74) is 3.31. The number of rotatable bonds is 4. The van der Waals surface area contributed by atoms with Crippen LogP contribution in [-0.2, 0) is 7.05 Å². The van der Waals surface area contributed by atoms with E-state index in [1.54, 1.807) is 17.7 Å². The summed E-state index contributed by atoms with van der Waals surface area (Å²) in [6.45, 7) is 2.12. The highest BCUT2D eigenvalue weighted by Gasteiger charge is 2.08. The Bertz CT molecular complexity index is 732. The summed E-state index contributed by atoms with van der Waals surface area (Å²) in [6, 6.07) is 10.4. The van der Waals surface area contributed by atoms with E-state index >= 15 is 0 Å². The van der Waals surface area contributed by atoms with Crippen molar-refractivity contribution in [2.45, 2.75) is 13.0 Å². The van der Waals surface area contributed by atoms with Crippen LogP contribution in [0.3, 0.4) is 0 Å². The fourth-order valence-corrected chi connectivity index (χ4v) is 3.13. The van der Waals surface area contributed by atoms with Gasteiger partial charge < -0.3 is 9.88 Å². The third-order valence-electron chi connectivity index (χ3n) is 3.33. The third-order valence-corrected chi connectivity index (χ3v) is 4.43. The van der Waals surface area contributed by atoms with E-state index in [1.807, 2.05) is 29.8 Å². The first-order valence-corrected chi connectivity index (χ1v) is 7.84. The van der Waals surface area contributed by atoms with Crippen molar-refractivity contribution in [1.82, 2.24) is 14.8 Å². The van der Waals surface area contributed by atoms with Crippen molar-refractivity contribution in [2.75, 3.05) is 5.32 Å². The molecule has 4 nitrogen and oxygen atoms in total. The van der Waals surface area contributed by atoms with E-state index < -0.39 is 0 Å². The van der Waals surface area contributed by atoms with Crippen LogP contribution in [0.4, 0.5) is 5.69 Å². The first-order valence-electron chi connectivity index (χ1n) is 6.58. The third kappa shape index (κ3) is 3.09. The molecule has 1 atom stereocenters. The quantitative estimate of drug-likeness (QED) is 0.776. The van der Waals surface area contributed by atoms with Crippen LogP contribution >= 0.6 is 22.9 Å². The molecule has 0 aliphatic heterocycles. The van der Waals surface area contributed by atoms with Crippen LogP contribution in [0.15, 0.2) is 42.0 Å². The lowest BCUT2D eigenvalue weighted by molar-refractivity contribution is 0.890. The van der Waals surface area contributed by atoms with Gasteiger partial charge in [-0.05, 0) is 48.2 Å². The lowest BCUT2D eigenvalue weighted by Crippen LogP contribution is -2.05. The van der Waals surface area contributed by atoms with Gasteiger partial charge in [-0.2, -0.15) is 0 Å². The molecular weight excluding hydrogens is 304 g/mol. The average Bonchev–Trinajstić information content (AvgIpc) is 3.08. The van der Waals surface area contributed by atoms with E-state index in [0.717, 1.165) is 21.4 Å². The number of nitrogens with zero attached hydrogens (tertiary/aromatic N) is 3. The van der Waals surface area contributed by atoms with Gasteiger partial charge in [0, 0.05) is 24.3 Å². The number of aromatic nitrogens is 3. The van der Waals surface area contributed by atoms with Crippen molar-refractivity contribution >= 4 is 28.6 Å². The number of aryl methyl sites for hydroxylation is 1. The SMILES string of the molecule is CC(Nc1ccc(-c2nncn2C)cc1)c1csc(Cl)c1. The summed E-state index contributed by atoms with van der Waals surface area (Å²) in [6.07, 6.45) is 1.70. The first kappa shape index (κ1) is 14.1. The fourth-order valence-electron chi connectivity index (χ4n) is 2.14. The Morgan fingerprint density at radius 2 is 2.05 bits per heavy atom. The van der Waals surface area contributed by atoms with Gasteiger partial charge in [-0.1, -0.05) is 11.6 Å². The van der Waals surface area contributed by atoms with E-state index in [1.165, 1.54) is 5.56 Å². The highest BCUT2D eigenvalue weighted by molar-refractivity contribution is 7.14. The van der Waals surface area contributed by atoms with E-state index in [4.69, 9.17) is 11.6 Å². The predicted octanol–water partition coefficient (Wildman–Crippen LogP) is 4.37. The molecule has 0 bridgehead atoms. The molecule has 1 N–H and O–H groups in total. The standard InChI is InChI=1S/C15H15ClN4S/c1-10(12-7-14(16)21-8-12)18-13-5-3-11(4-6-13)15-19-17-9-20(15)2/h3-10,18H,1-2H3. The molecule has 6 heteroatoms. The Morgan fingerprint density at radius 3 is 2.62 bits per heavy atom. The van der Waals surface area contributed by atoms with E-state index in [-0.39, 0.29) is 6.04 Å². The molecular formula is C15H15ClN4S. The van der Waals surface area contributed by atoms with Gasteiger partial charge in [0.05, 0.1) is 4.34 Å². The first-order chi connectivity index (χ1) is 10.1. The summed E-state index contributed by atoms with van der Waals surface area (Å²) in [4.78, 5) is 0. The topological polar surface area (TPSA) is 42.7 Å². The molecule has 0 saturated heterocycles. The number of thiophene rings is 1. The summed E-state index contributed by atoms with van der Waals surface area (Å²) in [7, 11) is 1.93. The Labute approximate surface area is 132 Å². The molecule has 0 aliphatic rings. The molecule has 2 aromatic heterocycles. The van der Waals surface area contributed by atoms with E-state index in [0.29, 0.717) is 0 Å². The largest absolute Gasteiger partial charge is 0.378 e. The van der Waals surface area contributed by atoms with E-state index in [9.17, 15) is 0 Å².